The van der Waals surface area contributed by atoms with Crippen molar-refractivity contribution in [1.82, 2.24) is 5.32 Å². The Morgan fingerprint density at radius 3 is 2.95 bits per heavy atom. The van der Waals surface area contributed by atoms with Crippen LogP contribution in [0.5, 0.6) is 5.75 Å². The second kappa shape index (κ2) is 5.66. The van der Waals surface area contributed by atoms with Crippen LogP contribution in [0.25, 0.3) is 0 Å². The van der Waals surface area contributed by atoms with Crippen molar-refractivity contribution >= 4 is 27.7 Å². The quantitative estimate of drug-likeness (QED) is 0.873. The predicted octanol–water partition coefficient (Wildman–Crippen LogP) is 4.15. The van der Waals surface area contributed by atoms with Gasteiger partial charge in [-0.1, -0.05) is 28.9 Å². The highest BCUT2D eigenvalue weighted by Gasteiger charge is 2.41. The highest BCUT2D eigenvalue weighted by atomic mass is 79.9. The van der Waals surface area contributed by atoms with Gasteiger partial charge in [0, 0.05) is 22.5 Å². The molecule has 104 valence electrons. The molecule has 1 spiro atoms. The second-order valence-corrected chi connectivity index (χ2v) is 7.53. The van der Waals surface area contributed by atoms with Crippen molar-refractivity contribution in [3.05, 3.63) is 28.2 Å². The van der Waals surface area contributed by atoms with E-state index in [4.69, 9.17) is 4.74 Å². The Morgan fingerprint density at radius 2 is 2.21 bits per heavy atom. The van der Waals surface area contributed by atoms with Crippen LogP contribution in [0.15, 0.2) is 22.7 Å². The molecular weight excluding hydrogens is 322 g/mol. The Labute approximate surface area is 127 Å². The van der Waals surface area contributed by atoms with Crippen molar-refractivity contribution in [2.24, 2.45) is 0 Å². The van der Waals surface area contributed by atoms with Crippen LogP contribution >= 0.6 is 27.7 Å². The minimum Gasteiger partial charge on any atom is -0.487 e. The van der Waals surface area contributed by atoms with E-state index in [1.807, 2.05) is 0 Å². The molecule has 1 fully saturated rings. The number of rotatable bonds is 2. The number of fused-ring (bicyclic) bond motifs is 1. The fourth-order valence-electron chi connectivity index (χ4n) is 3.12. The first kappa shape index (κ1) is 13.8. The van der Waals surface area contributed by atoms with Crippen molar-refractivity contribution in [3.8, 4) is 5.75 Å². The van der Waals surface area contributed by atoms with Crippen LogP contribution in [0.3, 0.4) is 0 Å². The van der Waals surface area contributed by atoms with Gasteiger partial charge >= 0.3 is 0 Å². The van der Waals surface area contributed by atoms with Crippen LogP contribution in [-0.4, -0.2) is 23.7 Å². The third-order valence-corrected chi connectivity index (χ3v) is 5.59. The largest absolute Gasteiger partial charge is 0.487 e. The summed E-state index contributed by atoms with van der Waals surface area (Å²) >= 11 is 5.61. The number of ether oxygens (including phenoxy) is 1. The molecular formula is C15H20BrNOS. The molecule has 2 aliphatic heterocycles. The smallest absolute Gasteiger partial charge is 0.126 e. The molecule has 2 aliphatic rings. The van der Waals surface area contributed by atoms with Gasteiger partial charge in [0.1, 0.15) is 11.4 Å². The summed E-state index contributed by atoms with van der Waals surface area (Å²) in [6.45, 7) is 3.18. The zero-order valence-corrected chi connectivity index (χ0v) is 13.6. The van der Waals surface area contributed by atoms with Crippen LogP contribution < -0.4 is 10.1 Å². The van der Waals surface area contributed by atoms with E-state index in [2.05, 4.69) is 58.1 Å². The maximum atomic E-state index is 6.43. The Morgan fingerprint density at radius 1 is 1.42 bits per heavy atom. The van der Waals surface area contributed by atoms with E-state index in [1.165, 1.54) is 29.9 Å². The van der Waals surface area contributed by atoms with Gasteiger partial charge in [-0.3, -0.25) is 0 Å². The number of halogens is 1. The third-order valence-electron chi connectivity index (χ3n) is 4.11. The lowest BCUT2D eigenvalue weighted by molar-refractivity contribution is 0.0227. The SMILES string of the molecule is CCNC1CC2(CCSCC2)Oc2cc(Br)ccc21. The lowest BCUT2D eigenvalue weighted by Gasteiger charge is -2.44. The van der Waals surface area contributed by atoms with E-state index in [9.17, 15) is 0 Å². The van der Waals surface area contributed by atoms with Crippen LogP contribution in [0.2, 0.25) is 0 Å². The zero-order chi connectivity index (χ0) is 13.3. The highest BCUT2D eigenvalue weighted by Crippen LogP contribution is 2.46. The van der Waals surface area contributed by atoms with E-state index >= 15 is 0 Å². The molecule has 1 atom stereocenters. The van der Waals surface area contributed by atoms with Gasteiger partial charge in [-0.2, -0.15) is 11.8 Å². The molecule has 1 aromatic rings. The van der Waals surface area contributed by atoms with E-state index in [0.29, 0.717) is 6.04 Å². The Bertz CT molecular complexity index is 459. The van der Waals surface area contributed by atoms with Crippen molar-refractivity contribution in [3.63, 3.8) is 0 Å². The third kappa shape index (κ3) is 2.81. The number of nitrogens with one attached hydrogen (secondary N) is 1. The van der Waals surface area contributed by atoms with Gasteiger partial charge in [0.25, 0.3) is 0 Å². The normalized spacial score (nSPS) is 24.8. The monoisotopic (exact) mass is 341 g/mol. The maximum absolute atomic E-state index is 6.43. The van der Waals surface area contributed by atoms with Crippen LogP contribution in [0, 0.1) is 0 Å². The second-order valence-electron chi connectivity index (χ2n) is 5.39. The van der Waals surface area contributed by atoms with E-state index < -0.39 is 0 Å². The molecule has 4 heteroatoms. The molecule has 0 radical (unpaired) electrons. The van der Waals surface area contributed by atoms with Crippen LogP contribution in [0.1, 0.15) is 37.8 Å². The van der Waals surface area contributed by atoms with Crippen molar-refractivity contribution in [2.45, 2.75) is 37.8 Å². The average molecular weight is 342 g/mol. The van der Waals surface area contributed by atoms with Crippen LogP contribution in [-0.2, 0) is 0 Å². The van der Waals surface area contributed by atoms with Gasteiger partial charge in [0.15, 0.2) is 0 Å². The van der Waals surface area contributed by atoms with Crippen molar-refractivity contribution in [2.75, 3.05) is 18.1 Å². The summed E-state index contributed by atoms with van der Waals surface area (Å²) in [4.78, 5) is 0. The van der Waals surface area contributed by atoms with Crippen molar-refractivity contribution in [1.29, 1.82) is 0 Å². The van der Waals surface area contributed by atoms with Gasteiger partial charge in [-0.15, -0.1) is 0 Å². The molecule has 2 nitrogen and oxygen atoms in total. The van der Waals surface area contributed by atoms with Crippen LogP contribution in [0.4, 0.5) is 0 Å². The summed E-state index contributed by atoms with van der Waals surface area (Å²) in [5.41, 5.74) is 1.38. The van der Waals surface area contributed by atoms with Crippen molar-refractivity contribution < 1.29 is 4.74 Å². The molecule has 1 aromatic carbocycles. The molecule has 1 unspecified atom stereocenters. The minimum atomic E-state index is 0.0614. The summed E-state index contributed by atoms with van der Waals surface area (Å²) < 4.78 is 7.54. The molecule has 0 aromatic heterocycles. The molecule has 3 rings (SSSR count). The average Bonchev–Trinajstić information content (AvgIpc) is 2.39. The maximum Gasteiger partial charge on any atom is 0.126 e. The summed E-state index contributed by atoms with van der Waals surface area (Å²) in [7, 11) is 0. The number of thioether (sulfide) groups is 1. The summed E-state index contributed by atoms with van der Waals surface area (Å²) in [5.74, 6) is 3.52. The molecule has 0 saturated carbocycles. The van der Waals surface area contributed by atoms with Gasteiger partial charge < -0.3 is 10.1 Å². The number of hydrogen-bond acceptors (Lipinski definition) is 3. The molecule has 0 aliphatic carbocycles. The Kier molecular flexibility index (Phi) is 4.11. The topological polar surface area (TPSA) is 21.3 Å². The first-order chi connectivity index (χ1) is 9.22. The summed E-state index contributed by atoms with van der Waals surface area (Å²) in [6.07, 6.45) is 3.45. The van der Waals surface area contributed by atoms with Gasteiger partial charge in [-0.05, 0) is 43.0 Å². The first-order valence-corrected chi connectivity index (χ1v) is 8.97. The first-order valence-electron chi connectivity index (χ1n) is 7.02. The molecule has 1 saturated heterocycles. The lowest BCUT2D eigenvalue weighted by atomic mass is 9.83. The van der Waals surface area contributed by atoms with E-state index in [1.54, 1.807) is 0 Å². The number of hydrogen-bond donors (Lipinski definition) is 1. The minimum absolute atomic E-state index is 0.0614. The fourth-order valence-corrected chi connectivity index (χ4v) is 4.70. The summed E-state index contributed by atoms with van der Waals surface area (Å²) in [6, 6.07) is 6.87. The standard InChI is InChI=1S/C15H20BrNOS/c1-2-17-13-10-15(5-7-19-8-6-15)18-14-9-11(16)3-4-12(13)14/h3-4,9,13,17H,2,5-8,10H2,1H3. The highest BCUT2D eigenvalue weighted by molar-refractivity contribution is 9.10. The molecule has 0 amide bonds. The molecule has 19 heavy (non-hydrogen) atoms. The van der Waals surface area contributed by atoms with Gasteiger partial charge in [0.05, 0.1) is 0 Å². The molecule has 0 bridgehead atoms. The van der Waals surface area contributed by atoms with Gasteiger partial charge in [-0.25, -0.2) is 0 Å². The molecule has 1 N–H and O–H groups in total. The van der Waals surface area contributed by atoms with E-state index in [0.717, 1.165) is 23.2 Å². The lowest BCUT2D eigenvalue weighted by Crippen LogP contribution is -2.46. The Balaban J connectivity index is 1.94. The summed E-state index contributed by atoms with van der Waals surface area (Å²) in [5, 5.41) is 3.63. The molecule has 2 heterocycles. The van der Waals surface area contributed by atoms with Gasteiger partial charge in [0.2, 0.25) is 0 Å². The number of benzene rings is 1. The predicted molar refractivity (Wildman–Crippen MR) is 85.1 cm³/mol. The van der Waals surface area contributed by atoms with E-state index in [-0.39, 0.29) is 5.60 Å². The fraction of sp³-hybridized carbons (Fsp3) is 0.600. The Hall–Kier alpha value is -0.190. The zero-order valence-electron chi connectivity index (χ0n) is 11.2.